The van der Waals surface area contributed by atoms with Gasteiger partial charge in [-0.2, -0.15) is 0 Å². The maximum Gasteiger partial charge on any atom is 0.259 e. The first-order chi connectivity index (χ1) is 10.4. The summed E-state index contributed by atoms with van der Waals surface area (Å²) in [5.41, 5.74) is 4.22. The van der Waals surface area contributed by atoms with Gasteiger partial charge in [-0.3, -0.25) is 4.79 Å². The molecule has 2 aromatic carbocycles. The highest BCUT2D eigenvalue weighted by atomic mass is 32.2. The van der Waals surface area contributed by atoms with Crippen molar-refractivity contribution in [1.29, 1.82) is 0 Å². The Labute approximate surface area is 128 Å². The minimum atomic E-state index is 0.150. The first-order valence-corrected chi connectivity index (χ1v) is 8.18. The molecular formula is C18H15NOS. The molecule has 0 spiro atoms. The highest BCUT2D eigenvalue weighted by Gasteiger charge is 2.35. The predicted octanol–water partition coefficient (Wildman–Crippen LogP) is 4.11. The van der Waals surface area contributed by atoms with Gasteiger partial charge in [0.15, 0.2) is 0 Å². The second-order valence-corrected chi connectivity index (χ2v) is 6.35. The van der Waals surface area contributed by atoms with Crippen molar-refractivity contribution in [1.82, 2.24) is 4.90 Å². The molecule has 0 saturated heterocycles. The Hall–Kier alpha value is -2.00. The minimum Gasteiger partial charge on any atom is -0.307 e. The molecule has 2 heterocycles. The summed E-state index contributed by atoms with van der Waals surface area (Å²) < 4.78 is 0. The van der Waals surface area contributed by atoms with E-state index in [9.17, 15) is 4.79 Å². The number of hydrogen-bond donors (Lipinski definition) is 0. The molecule has 3 heteroatoms. The Balaban J connectivity index is 1.98. The molecule has 0 aromatic heterocycles. The molecule has 4 rings (SSSR count). The van der Waals surface area contributed by atoms with Crippen molar-refractivity contribution in [2.24, 2.45) is 0 Å². The lowest BCUT2D eigenvalue weighted by Gasteiger charge is -2.18. The third kappa shape index (κ3) is 2.00. The van der Waals surface area contributed by atoms with Crippen LogP contribution in [0, 0.1) is 0 Å². The summed E-state index contributed by atoms with van der Waals surface area (Å²) in [4.78, 5) is 15.8. The number of hydrogen-bond acceptors (Lipinski definition) is 2. The Bertz CT molecular complexity index is 736. The van der Waals surface area contributed by atoms with E-state index in [4.69, 9.17) is 0 Å². The summed E-state index contributed by atoms with van der Waals surface area (Å²) >= 11 is 1.86. The van der Waals surface area contributed by atoms with Crippen LogP contribution in [-0.2, 0) is 0 Å². The van der Waals surface area contributed by atoms with Gasteiger partial charge in [0.1, 0.15) is 0 Å². The molecule has 21 heavy (non-hydrogen) atoms. The molecule has 2 aromatic rings. The van der Waals surface area contributed by atoms with Crippen LogP contribution in [0.1, 0.15) is 27.9 Å². The molecular weight excluding hydrogens is 278 g/mol. The van der Waals surface area contributed by atoms with Crippen molar-refractivity contribution in [3.8, 4) is 0 Å². The van der Waals surface area contributed by atoms with E-state index in [2.05, 4.69) is 30.3 Å². The summed E-state index contributed by atoms with van der Waals surface area (Å²) in [5.74, 6) is 1.20. The monoisotopic (exact) mass is 293 g/mol. The third-order valence-electron chi connectivity index (χ3n) is 3.95. The molecule has 0 aliphatic carbocycles. The fourth-order valence-corrected chi connectivity index (χ4v) is 4.14. The zero-order valence-corrected chi connectivity index (χ0v) is 12.4. The second kappa shape index (κ2) is 5.08. The highest BCUT2D eigenvalue weighted by molar-refractivity contribution is 8.08. The van der Waals surface area contributed by atoms with Crippen LogP contribution in [-0.4, -0.2) is 23.1 Å². The molecule has 0 saturated carbocycles. The van der Waals surface area contributed by atoms with E-state index in [0.717, 1.165) is 35.5 Å². The number of thioether (sulfide) groups is 1. The van der Waals surface area contributed by atoms with Gasteiger partial charge >= 0.3 is 0 Å². The fraction of sp³-hybridized carbons (Fsp3) is 0.167. The molecule has 2 nitrogen and oxygen atoms in total. The van der Waals surface area contributed by atoms with Crippen LogP contribution in [0.15, 0.2) is 54.6 Å². The summed E-state index contributed by atoms with van der Waals surface area (Å²) in [7, 11) is 0. The Morgan fingerprint density at radius 1 is 0.905 bits per heavy atom. The molecule has 104 valence electrons. The van der Waals surface area contributed by atoms with Gasteiger partial charge in [0, 0.05) is 22.6 Å². The third-order valence-corrected chi connectivity index (χ3v) is 5.16. The average Bonchev–Trinajstić information content (AvgIpc) is 2.71. The van der Waals surface area contributed by atoms with Gasteiger partial charge in [0.2, 0.25) is 0 Å². The number of carbonyl (C=O) groups is 1. The van der Waals surface area contributed by atoms with Crippen LogP contribution < -0.4 is 0 Å². The topological polar surface area (TPSA) is 20.3 Å². The van der Waals surface area contributed by atoms with Gasteiger partial charge in [0.05, 0.1) is 5.70 Å². The van der Waals surface area contributed by atoms with Crippen LogP contribution in [0.25, 0.3) is 10.6 Å². The molecule has 2 aliphatic rings. The van der Waals surface area contributed by atoms with Gasteiger partial charge < -0.3 is 4.90 Å². The molecule has 0 bridgehead atoms. The molecule has 1 amide bonds. The van der Waals surface area contributed by atoms with Crippen molar-refractivity contribution >= 4 is 28.3 Å². The number of fused-ring (bicyclic) bond motifs is 3. The lowest BCUT2D eigenvalue weighted by Crippen LogP contribution is -2.24. The Kier molecular flexibility index (Phi) is 3.08. The second-order valence-electron chi connectivity index (χ2n) is 5.25. The lowest BCUT2D eigenvalue weighted by molar-refractivity contribution is 0.0851. The summed E-state index contributed by atoms with van der Waals surface area (Å²) in [6.45, 7) is 0.812. The van der Waals surface area contributed by atoms with E-state index in [1.165, 1.54) is 10.5 Å². The minimum absolute atomic E-state index is 0.150. The Morgan fingerprint density at radius 3 is 2.43 bits per heavy atom. The number of benzene rings is 2. The maximum atomic E-state index is 12.6. The van der Waals surface area contributed by atoms with Crippen molar-refractivity contribution in [2.75, 3.05) is 12.3 Å². The summed E-state index contributed by atoms with van der Waals surface area (Å²) in [6, 6.07) is 18.4. The first kappa shape index (κ1) is 12.7. The van der Waals surface area contributed by atoms with E-state index < -0.39 is 0 Å². The van der Waals surface area contributed by atoms with Crippen LogP contribution in [0.4, 0.5) is 0 Å². The van der Waals surface area contributed by atoms with Crippen LogP contribution in [0.2, 0.25) is 0 Å². The molecule has 0 fully saturated rings. The smallest absolute Gasteiger partial charge is 0.259 e. The van der Waals surface area contributed by atoms with Crippen molar-refractivity contribution in [2.45, 2.75) is 6.42 Å². The normalized spacial score (nSPS) is 17.5. The van der Waals surface area contributed by atoms with Crippen molar-refractivity contribution in [3.05, 3.63) is 71.3 Å². The van der Waals surface area contributed by atoms with Gasteiger partial charge in [-0.15, -0.1) is 11.8 Å². The highest BCUT2D eigenvalue weighted by Crippen LogP contribution is 2.44. The summed E-state index contributed by atoms with van der Waals surface area (Å²) in [6.07, 6.45) is 1.03. The van der Waals surface area contributed by atoms with E-state index in [1.807, 2.05) is 40.9 Å². The number of amides is 1. The van der Waals surface area contributed by atoms with E-state index in [1.54, 1.807) is 0 Å². The van der Waals surface area contributed by atoms with Gasteiger partial charge in [-0.05, 0) is 23.8 Å². The first-order valence-electron chi connectivity index (χ1n) is 7.20. The SMILES string of the molecule is O=C1c2ccccc2C2=C(c3ccccc3)SCCCN12. The predicted molar refractivity (Wildman–Crippen MR) is 87.8 cm³/mol. The average molecular weight is 293 g/mol. The molecule has 0 atom stereocenters. The molecule has 2 aliphatic heterocycles. The van der Waals surface area contributed by atoms with Gasteiger partial charge in [-0.25, -0.2) is 0 Å². The number of rotatable bonds is 1. The molecule has 0 radical (unpaired) electrons. The number of carbonyl (C=O) groups excluding carboxylic acids is 1. The summed E-state index contributed by atoms with van der Waals surface area (Å²) in [5, 5.41) is 0. The van der Waals surface area contributed by atoms with Crippen molar-refractivity contribution in [3.63, 3.8) is 0 Å². The fourth-order valence-electron chi connectivity index (χ4n) is 3.00. The van der Waals surface area contributed by atoms with E-state index in [-0.39, 0.29) is 5.91 Å². The van der Waals surface area contributed by atoms with Gasteiger partial charge in [0.25, 0.3) is 5.91 Å². The van der Waals surface area contributed by atoms with Crippen LogP contribution in [0.3, 0.4) is 0 Å². The maximum absolute atomic E-state index is 12.6. The number of nitrogens with zero attached hydrogens (tertiary/aromatic N) is 1. The van der Waals surface area contributed by atoms with E-state index in [0.29, 0.717) is 0 Å². The van der Waals surface area contributed by atoms with Crippen molar-refractivity contribution < 1.29 is 4.79 Å². The lowest BCUT2D eigenvalue weighted by atomic mass is 10.1. The standard InChI is InChI=1S/C18H15NOS/c20-18-15-10-5-4-9-14(15)16-17(13-7-2-1-3-8-13)21-12-6-11-19(16)18/h1-5,7-10H,6,11-12H2. The van der Waals surface area contributed by atoms with Crippen LogP contribution >= 0.6 is 11.8 Å². The van der Waals surface area contributed by atoms with E-state index >= 15 is 0 Å². The molecule has 0 unspecified atom stereocenters. The Morgan fingerprint density at radius 2 is 1.62 bits per heavy atom. The van der Waals surface area contributed by atoms with Crippen LogP contribution in [0.5, 0.6) is 0 Å². The zero-order valence-electron chi connectivity index (χ0n) is 11.6. The zero-order chi connectivity index (χ0) is 14.2. The molecule has 0 N–H and O–H groups in total. The quantitative estimate of drug-likeness (QED) is 0.789. The van der Waals surface area contributed by atoms with Gasteiger partial charge in [-0.1, -0.05) is 48.5 Å². The largest absolute Gasteiger partial charge is 0.307 e.